The molecule has 0 aliphatic carbocycles. The van der Waals surface area contributed by atoms with Crippen LogP contribution in [0.5, 0.6) is 5.75 Å². The van der Waals surface area contributed by atoms with Crippen LogP contribution in [0.3, 0.4) is 0 Å². The van der Waals surface area contributed by atoms with E-state index in [1.807, 2.05) is 109 Å². The van der Waals surface area contributed by atoms with E-state index in [2.05, 4.69) is 10.9 Å². The van der Waals surface area contributed by atoms with Gasteiger partial charge in [-0.1, -0.05) is 97.1 Å². The molecule has 7 nitrogen and oxygen atoms in total. The first-order valence-corrected chi connectivity index (χ1v) is 14.7. The molecule has 0 radical (unpaired) electrons. The Morgan fingerprint density at radius 3 is 2.25 bits per heavy atom. The fourth-order valence-corrected chi connectivity index (χ4v) is 5.03. The number of hydrogen-bond donors (Lipinski definition) is 3. The Labute approximate surface area is 257 Å². The summed E-state index contributed by atoms with van der Waals surface area (Å²) in [4.78, 5) is 18.9. The van der Waals surface area contributed by atoms with Crippen molar-refractivity contribution >= 4 is 17.9 Å². The molecule has 5 rings (SSSR count). The van der Waals surface area contributed by atoms with Gasteiger partial charge in [0, 0.05) is 31.6 Å². The quantitative estimate of drug-likeness (QED) is 0.122. The number of rotatable bonds is 14. The van der Waals surface area contributed by atoms with Gasteiger partial charge < -0.3 is 14.6 Å². The highest BCUT2D eigenvalue weighted by atomic mass is 19.1. The van der Waals surface area contributed by atoms with E-state index < -0.39 is 24.2 Å². The maximum Gasteiger partial charge on any atom is 0.266 e. The number of hydrogen-bond acceptors (Lipinski definition) is 6. The average molecular weight is 594 g/mol. The number of alkyl halides is 1. The van der Waals surface area contributed by atoms with E-state index in [1.165, 1.54) is 0 Å². The number of carbonyl (C=O) groups is 1. The topological polar surface area (TPSA) is 92.2 Å². The third-order valence-corrected chi connectivity index (χ3v) is 7.31. The van der Waals surface area contributed by atoms with Gasteiger partial charge in [0.25, 0.3) is 5.91 Å². The predicted octanol–water partition coefficient (Wildman–Crippen LogP) is 6.07. The third kappa shape index (κ3) is 7.40. The summed E-state index contributed by atoms with van der Waals surface area (Å²) in [5.41, 5.74) is 8.52. The lowest BCUT2D eigenvalue weighted by Gasteiger charge is -2.30. The summed E-state index contributed by atoms with van der Waals surface area (Å²) in [5.74, 6) is 0.539. The van der Waals surface area contributed by atoms with E-state index in [9.17, 15) is 9.18 Å². The Kier molecular flexibility index (Phi) is 10.5. The molecule has 1 amide bonds. The maximum atomic E-state index is 14.0. The van der Waals surface area contributed by atoms with Crippen molar-refractivity contribution in [2.24, 2.45) is 4.99 Å². The number of nitrogens with one attached hydrogen (secondary N) is 2. The molecule has 0 unspecified atom stereocenters. The van der Waals surface area contributed by atoms with Crippen LogP contribution in [0.2, 0.25) is 0 Å². The SMILES string of the molecule is O=C(NNCCF)[C@@]1(C/C=C/c2ccccc2)N=C(c2ccc(OCCCO)cc2)O[C@H]1c1ccc(-c2ccccc2)cc1. The molecular weight excluding hydrogens is 557 g/mol. The molecule has 2 atom stereocenters. The van der Waals surface area contributed by atoms with Crippen LogP contribution in [0.15, 0.2) is 120 Å². The van der Waals surface area contributed by atoms with Gasteiger partial charge in [0.05, 0.1) is 6.61 Å². The van der Waals surface area contributed by atoms with E-state index in [4.69, 9.17) is 19.6 Å². The maximum absolute atomic E-state index is 14.0. The minimum atomic E-state index is -1.39. The fraction of sp³-hybridized carbons (Fsp3) is 0.222. The first-order chi connectivity index (χ1) is 21.6. The van der Waals surface area contributed by atoms with Crippen LogP contribution in [0, 0.1) is 0 Å². The third-order valence-electron chi connectivity index (χ3n) is 7.31. The number of aliphatic imine (C=N–C) groups is 1. The molecule has 226 valence electrons. The number of carbonyl (C=O) groups excluding carboxylic acids is 1. The van der Waals surface area contributed by atoms with E-state index in [-0.39, 0.29) is 19.6 Å². The van der Waals surface area contributed by atoms with Gasteiger partial charge in [0.15, 0.2) is 11.6 Å². The standard InChI is InChI=1S/C36H36FN3O4/c37-23-24-38-40-35(42)36(22-7-11-27-9-3-1-4-10-27)33(30-16-14-29(15-17-30)28-12-5-2-6-13-28)44-34(39-36)31-18-20-32(21-19-31)43-26-8-25-41/h1-7,9-21,33,38,41H,8,22-26H2,(H,40,42)/b11-7+/t33-,36-/m0/s1. The van der Waals surface area contributed by atoms with Crippen molar-refractivity contribution in [2.75, 3.05) is 26.4 Å². The minimum absolute atomic E-state index is 0.0344. The number of halogens is 1. The Bertz CT molecular complexity index is 1540. The predicted molar refractivity (Wildman–Crippen MR) is 171 cm³/mol. The highest BCUT2D eigenvalue weighted by Crippen LogP contribution is 2.43. The van der Waals surface area contributed by atoms with Crippen molar-refractivity contribution < 1.29 is 23.8 Å². The lowest BCUT2D eigenvalue weighted by Crippen LogP contribution is -2.52. The molecule has 0 saturated carbocycles. The Morgan fingerprint density at radius 2 is 1.57 bits per heavy atom. The van der Waals surface area contributed by atoms with Crippen LogP contribution in [-0.4, -0.2) is 48.9 Å². The second kappa shape index (κ2) is 15.1. The summed E-state index contributed by atoms with van der Waals surface area (Å²) in [6.07, 6.45) is 3.86. The van der Waals surface area contributed by atoms with Crippen molar-refractivity contribution in [3.8, 4) is 16.9 Å². The lowest BCUT2D eigenvalue weighted by atomic mass is 9.84. The molecule has 1 aliphatic heterocycles. The minimum Gasteiger partial charge on any atom is -0.494 e. The van der Waals surface area contributed by atoms with Crippen LogP contribution in [0.25, 0.3) is 17.2 Å². The molecule has 0 spiro atoms. The molecule has 0 bridgehead atoms. The Morgan fingerprint density at radius 1 is 0.909 bits per heavy atom. The van der Waals surface area contributed by atoms with Crippen LogP contribution in [-0.2, 0) is 9.53 Å². The molecule has 8 heteroatoms. The molecule has 0 saturated heterocycles. The zero-order valence-electron chi connectivity index (χ0n) is 24.4. The molecular formula is C36H36FN3O4. The highest BCUT2D eigenvalue weighted by Gasteiger charge is 2.52. The van der Waals surface area contributed by atoms with Gasteiger partial charge in [0.2, 0.25) is 5.90 Å². The molecule has 3 N–H and O–H groups in total. The molecule has 0 aromatic heterocycles. The number of aliphatic hydroxyl groups excluding tert-OH is 1. The number of nitrogens with zero attached hydrogens (tertiary/aromatic N) is 1. The van der Waals surface area contributed by atoms with Gasteiger partial charge in [-0.05, 0) is 46.5 Å². The molecule has 0 fully saturated rings. The summed E-state index contributed by atoms with van der Waals surface area (Å²) in [6.45, 7) is -0.215. The first kappa shape index (κ1) is 30.7. The summed E-state index contributed by atoms with van der Waals surface area (Å²) in [5, 5.41) is 9.04. The van der Waals surface area contributed by atoms with Gasteiger partial charge in [0.1, 0.15) is 12.4 Å². The van der Waals surface area contributed by atoms with E-state index in [0.717, 1.165) is 22.3 Å². The van der Waals surface area contributed by atoms with Crippen molar-refractivity contribution in [2.45, 2.75) is 24.5 Å². The molecule has 1 heterocycles. The van der Waals surface area contributed by atoms with Crippen LogP contribution in [0.1, 0.15) is 35.6 Å². The molecule has 44 heavy (non-hydrogen) atoms. The van der Waals surface area contributed by atoms with Crippen molar-refractivity contribution in [3.63, 3.8) is 0 Å². The number of ether oxygens (including phenoxy) is 2. The van der Waals surface area contributed by atoms with Crippen molar-refractivity contribution in [3.05, 3.63) is 132 Å². The number of aliphatic hydroxyl groups is 1. The van der Waals surface area contributed by atoms with E-state index in [0.29, 0.717) is 30.2 Å². The van der Waals surface area contributed by atoms with Crippen molar-refractivity contribution in [1.29, 1.82) is 0 Å². The number of amides is 1. The molecule has 4 aromatic rings. The zero-order chi connectivity index (χ0) is 30.6. The van der Waals surface area contributed by atoms with Gasteiger partial charge >= 0.3 is 0 Å². The fourth-order valence-electron chi connectivity index (χ4n) is 5.03. The van der Waals surface area contributed by atoms with Gasteiger partial charge in [-0.3, -0.25) is 10.2 Å². The summed E-state index contributed by atoms with van der Waals surface area (Å²) in [7, 11) is 0. The highest BCUT2D eigenvalue weighted by molar-refractivity contribution is 6.01. The molecule has 4 aromatic carbocycles. The number of hydrazine groups is 1. The zero-order valence-corrected chi connectivity index (χ0v) is 24.4. The van der Waals surface area contributed by atoms with E-state index in [1.54, 1.807) is 12.1 Å². The largest absolute Gasteiger partial charge is 0.494 e. The Hall–Kier alpha value is -4.79. The second-order valence-electron chi connectivity index (χ2n) is 10.4. The van der Waals surface area contributed by atoms with Crippen LogP contribution < -0.4 is 15.6 Å². The number of benzene rings is 4. The lowest BCUT2D eigenvalue weighted by molar-refractivity contribution is -0.129. The summed E-state index contributed by atoms with van der Waals surface area (Å²) >= 11 is 0. The van der Waals surface area contributed by atoms with Crippen LogP contribution in [0.4, 0.5) is 4.39 Å². The van der Waals surface area contributed by atoms with Gasteiger partial charge in [-0.2, -0.15) is 0 Å². The first-order valence-electron chi connectivity index (χ1n) is 14.7. The summed E-state index contributed by atoms with van der Waals surface area (Å²) < 4.78 is 25.2. The van der Waals surface area contributed by atoms with Gasteiger partial charge in [-0.15, -0.1) is 0 Å². The van der Waals surface area contributed by atoms with Crippen molar-refractivity contribution in [1.82, 2.24) is 10.9 Å². The molecule has 1 aliphatic rings. The second-order valence-corrected chi connectivity index (χ2v) is 10.4. The van der Waals surface area contributed by atoms with Crippen LogP contribution >= 0.6 is 0 Å². The average Bonchev–Trinajstić information content (AvgIpc) is 3.47. The smallest absolute Gasteiger partial charge is 0.266 e. The summed E-state index contributed by atoms with van der Waals surface area (Å²) in [6, 6.07) is 35.1. The van der Waals surface area contributed by atoms with E-state index >= 15 is 0 Å². The Balaban J connectivity index is 1.52. The van der Waals surface area contributed by atoms with Gasteiger partial charge in [-0.25, -0.2) is 14.8 Å². The monoisotopic (exact) mass is 593 g/mol. The normalized spacial score (nSPS) is 17.7.